The second kappa shape index (κ2) is 10.8. The van der Waals surface area contributed by atoms with Gasteiger partial charge >= 0.3 is 0 Å². The van der Waals surface area contributed by atoms with Crippen molar-refractivity contribution < 1.29 is 4.42 Å². The zero-order valence-electron chi connectivity index (χ0n) is 27.2. The summed E-state index contributed by atoms with van der Waals surface area (Å²) >= 11 is 1.84. The second-order valence-corrected chi connectivity index (χ2v) is 14.2. The SMILES string of the molecule is c1ccc(-c2nc(-c3ccccc3)nc(-c3cccc4c3-c3cc5c(cc3C43c4ccccc4Sc4ccccc43)oc3ccccc35)n2)cc1. The van der Waals surface area contributed by atoms with Gasteiger partial charge in [-0.05, 0) is 63.7 Å². The minimum absolute atomic E-state index is 0.580. The predicted octanol–water partition coefficient (Wildman–Crippen LogP) is 11.6. The highest BCUT2D eigenvalue weighted by Gasteiger charge is 2.51. The molecule has 2 aliphatic rings. The van der Waals surface area contributed by atoms with Crippen LogP contribution < -0.4 is 0 Å². The normalized spacial score (nSPS) is 13.6. The van der Waals surface area contributed by atoms with Crippen molar-refractivity contribution in [3.63, 3.8) is 0 Å². The van der Waals surface area contributed by atoms with E-state index >= 15 is 0 Å². The first-order valence-corrected chi connectivity index (χ1v) is 17.9. The summed E-state index contributed by atoms with van der Waals surface area (Å²) in [6.45, 7) is 0. The van der Waals surface area contributed by atoms with Gasteiger partial charge in [0.25, 0.3) is 0 Å². The van der Waals surface area contributed by atoms with Crippen molar-refractivity contribution in [1.82, 2.24) is 15.0 Å². The Balaban J connectivity index is 1.28. The number of benzene rings is 7. The van der Waals surface area contributed by atoms with Crippen LogP contribution in [0.4, 0.5) is 0 Å². The zero-order valence-corrected chi connectivity index (χ0v) is 28.1. The molecule has 0 saturated carbocycles. The van der Waals surface area contributed by atoms with Crippen molar-refractivity contribution >= 4 is 33.7 Å². The van der Waals surface area contributed by atoms with Crippen LogP contribution in [0.2, 0.25) is 0 Å². The molecule has 3 heterocycles. The fourth-order valence-corrected chi connectivity index (χ4v) is 9.47. The number of aromatic nitrogens is 3. The van der Waals surface area contributed by atoms with Crippen LogP contribution >= 0.6 is 11.8 Å². The third kappa shape index (κ3) is 4.07. The van der Waals surface area contributed by atoms with E-state index in [1.807, 2.05) is 54.2 Å². The predicted molar refractivity (Wildman–Crippen MR) is 205 cm³/mol. The zero-order chi connectivity index (χ0) is 33.5. The van der Waals surface area contributed by atoms with E-state index in [2.05, 4.69) is 121 Å². The van der Waals surface area contributed by atoms with Crippen LogP contribution in [0, 0.1) is 0 Å². The lowest BCUT2D eigenvalue weighted by Gasteiger charge is -2.39. The molecule has 0 amide bonds. The first kappa shape index (κ1) is 28.5. The Kier molecular flexibility index (Phi) is 6.07. The molecular weight excluding hydrogens is 643 g/mol. The van der Waals surface area contributed by atoms with E-state index in [0.717, 1.165) is 44.2 Å². The summed E-state index contributed by atoms with van der Waals surface area (Å²) in [5.41, 5.74) is 11.3. The highest BCUT2D eigenvalue weighted by Crippen LogP contribution is 2.64. The van der Waals surface area contributed by atoms with Gasteiger partial charge in [0, 0.05) is 37.3 Å². The summed E-state index contributed by atoms with van der Waals surface area (Å²) in [5, 5.41) is 2.20. The number of para-hydroxylation sites is 1. The maximum Gasteiger partial charge on any atom is 0.164 e. The highest BCUT2D eigenvalue weighted by molar-refractivity contribution is 7.99. The molecule has 0 bridgehead atoms. The van der Waals surface area contributed by atoms with Crippen molar-refractivity contribution in [1.29, 1.82) is 0 Å². The van der Waals surface area contributed by atoms with Gasteiger partial charge in [0.2, 0.25) is 0 Å². The Labute approximate surface area is 298 Å². The van der Waals surface area contributed by atoms with E-state index < -0.39 is 5.41 Å². The molecule has 0 N–H and O–H groups in total. The number of furan rings is 1. The van der Waals surface area contributed by atoms with Gasteiger partial charge in [0.05, 0.1) is 5.41 Å². The van der Waals surface area contributed by atoms with Gasteiger partial charge in [-0.3, -0.25) is 0 Å². The van der Waals surface area contributed by atoms with E-state index in [4.69, 9.17) is 19.4 Å². The van der Waals surface area contributed by atoms with Crippen molar-refractivity contribution in [2.45, 2.75) is 15.2 Å². The number of hydrogen-bond acceptors (Lipinski definition) is 5. The van der Waals surface area contributed by atoms with Gasteiger partial charge in [0.1, 0.15) is 11.2 Å². The summed E-state index contributed by atoms with van der Waals surface area (Å²) in [6.07, 6.45) is 0. The van der Waals surface area contributed by atoms with Gasteiger partial charge < -0.3 is 4.42 Å². The van der Waals surface area contributed by atoms with Gasteiger partial charge in [-0.25, -0.2) is 15.0 Å². The molecule has 0 fully saturated rings. The fraction of sp³-hybridized carbons (Fsp3) is 0.0217. The Bertz CT molecular complexity index is 2740. The first-order valence-electron chi connectivity index (χ1n) is 17.1. The molecule has 5 heteroatoms. The molecule has 0 unspecified atom stereocenters. The molecule has 238 valence electrons. The molecule has 51 heavy (non-hydrogen) atoms. The topological polar surface area (TPSA) is 51.8 Å². The van der Waals surface area contributed by atoms with Gasteiger partial charge in [-0.2, -0.15) is 0 Å². The maximum atomic E-state index is 6.59. The Morgan fingerprint density at radius 2 is 0.980 bits per heavy atom. The highest BCUT2D eigenvalue weighted by atomic mass is 32.2. The second-order valence-electron chi connectivity index (χ2n) is 13.1. The number of fused-ring (bicyclic) bond motifs is 12. The lowest BCUT2D eigenvalue weighted by Crippen LogP contribution is -2.31. The van der Waals surface area contributed by atoms with Crippen molar-refractivity contribution in [2.75, 3.05) is 0 Å². The van der Waals surface area contributed by atoms with Crippen LogP contribution in [-0.4, -0.2) is 15.0 Å². The van der Waals surface area contributed by atoms with Crippen LogP contribution in [0.3, 0.4) is 0 Å². The fourth-order valence-electron chi connectivity index (χ4n) is 8.28. The van der Waals surface area contributed by atoms with Gasteiger partial charge in [-0.1, -0.05) is 145 Å². The van der Waals surface area contributed by atoms with Gasteiger partial charge in [0.15, 0.2) is 17.5 Å². The summed E-state index contributed by atoms with van der Waals surface area (Å²) in [7, 11) is 0. The molecule has 11 rings (SSSR count). The summed E-state index contributed by atoms with van der Waals surface area (Å²) in [6, 6.07) is 57.7. The number of hydrogen-bond donors (Lipinski definition) is 0. The molecule has 0 radical (unpaired) electrons. The molecule has 7 aromatic carbocycles. The summed E-state index contributed by atoms with van der Waals surface area (Å²) < 4.78 is 6.59. The Morgan fingerprint density at radius 1 is 0.412 bits per heavy atom. The summed E-state index contributed by atoms with van der Waals surface area (Å²) in [4.78, 5) is 18.0. The van der Waals surface area contributed by atoms with Crippen LogP contribution in [0.15, 0.2) is 178 Å². The third-order valence-corrected chi connectivity index (χ3v) is 11.6. The number of nitrogens with zero attached hydrogens (tertiary/aromatic N) is 3. The van der Waals surface area contributed by atoms with E-state index in [1.165, 1.54) is 37.6 Å². The molecule has 1 aliphatic heterocycles. The average Bonchev–Trinajstić information content (AvgIpc) is 3.71. The molecule has 1 spiro atoms. The van der Waals surface area contributed by atoms with Crippen LogP contribution in [0.25, 0.3) is 67.2 Å². The first-order chi connectivity index (χ1) is 25.3. The van der Waals surface area contributed by atoms with E-state index in [-0.39, 0.29) is 0 Å². The van der Waals surface area contributed by atoms with Crippen molar-refractivity contribution in [3.8, 4) is 45.3 Å². The van der Waals surface area contributed by atoms with Crippen LogP contribution in [-0.2, 0) is 5.41 Å². The number of rotatable bonds is 3. The molecule has 9 aromatic rings. The molecule has 0 saturated heterocycles. The monoisotopic (exact) mass is 669 g/mol. The third-order valence-electron chi connectivity index (χ3n) is 10.4. The standard InChI is InChI=1S/C46H27N3OS/c1-3-14-28(15-4-1)43-47-44(29-16-5-2-6-17-29)49-45(48-43)31-19-13-22-36-42(31)33-26-32-30-18-7-10-23-38(30)50-39(32)27-37(33)46(36)34-20-8-11-24-40(34)51-41-25-12-9-21-35(41)46/h1-27H. The Hall–Kier alpha value is -6.30. The molecule has 4 nitrogen and oxygen atoms in total. The van der Waals surface area contributed by atoms with E-state index in [1.54, 1.807) is 0 Å². The molecular formula is C46H27N3OS. The van der Waals surface area contributed by atoms with Crippen LogP contribution in [0.1, 0.15) is 22.3 Å². The smallest absolute Gasteiger partial charge is 0.164 e. The quantitative estimate of drug-likeness (QED) is 0.187. The Morgan fingerprint density at radius 3 is 1.67 bits per heavy atom. The molecule has 0 atom stereocenters. The lowest BCUT2D eigenvalue weighted by atomic mass is 9.67. The average molecular weight is 670 g/mol. The summed E-state index contributed by atoms with van der Waals surface area (Å²) in [5.74, 6) is 1.93. The minimum atomic E-state index is -0.580. The largest absolute Gasteiger partial charge is 0.456 e. The van der Waals surface area contributed by atoms with E-state index in [0.29, 0.717) is 17.5 Å². The van der Waals surface area contributed by atoms with E-state index in [9.17, 15) is 0 Å². The minimum Gasteiger partial charge on any atom is -0.456 e. The molecule has 1 aliphatic carbocycles. The van der Waals surface area contributed by atoms with Crippen LogP contribution in [0.5, 0.6) is 0 Å². The van der Waals surface area contributed by atoms with Crippen molar-refractivity contribution in [3.05, 3.63) is 186 Å². The van der Waals surface area contributed by atoms with Gasteiger partial charge in [-0.15, -0.1) is 0 Å². The van der Waals surface area contributed by atoms with Crippen molar-refractivity contribution in [2.24, 2.45) is 0 Å². The lowest BCUT2D eigenvalue weighted by molar-refractivity contribution is 0.664. The maximum absolute atomic E-state index is 6.59. The molecule has 2 aromatic heterocycles.